The van der Waals surface area contributed by atoms with Gasteiger partial charge in [-0.1, -0.05) is 5.16 Å². The summed E-state index contributed by atoms with van der Waals surface area (Å²) >= 11 is 0. The van der Waals surface area contributed by atoms with Crippen molar-refractivity contribution >= 4 is 0 Å². The summed E-state index contributed by atoms with van der Waals surface area (Å²) in [5.41, 5.74) is 2.49. The molecule has 1 atom stereocenters. The fraction of sp³-hybridized carbons (Fsp3) is 0.700. The third kappa shape index (κ3) is 1.26. The molecule has 0 radical (unpaired) electrons. The van der Waals surface area contributed by atoms with Crippen molar-refractivity contribution in [1.82, 2.24) is 10.5 Å². The average molecular weight is 194 g/mol. The number of aryl methyl sites for hydroxylation is 1. The summed E-state index contributed by atoms with van der Waals surface area (Å²) < 4.78 is 10.8. The maximum Gasteiger partial charge on any atom is 0.159 e. The predicted molar refractivity (Wildman–Crippen MR) is 50.1 cm³/mol. The Morgan fingerprint density at radius 2 is 2.36 bits per heavy atom. The van der Waals surface area contributed by atoms with Crippen molar-refractivity contribution in [3.63, 3.8) is 0 Å². The summed E-state index contributed by atoms with van der Waals surface area (Å²) in [7, 11) is 0. The van der Waals surface area contributed by atoms with Gasteiger partial charge in [0, 0.05) is 12.1 Å². The Hall–Kier alpha value is -0.870. The van der Waals surface area contributed by atoms with Gasteiger partial charge in [-0.15, -0.1) is 0 Å². The minimum Gasteiger partial charge on any atom is -0.378 e. The van der Waals surface area contributed by atoms with Gasteiger partial charge in [0.2, 0.25) is 0 Å². The third-order valence-corrected chi connectivity index (χ3v) is 2.98. The molecule has 0 amide bonds. The molecule has 1 saturated heterocycles. The molecule has 4 nitrogen and oxygen atoms in total. The lowest BCUT2D eigenvalue weighted by atomic mass is 10.1. The molecule has 2 heterocycles. The fourth-order valence-corrected chi connectivity index (χ4v) is 2.26. The number of aromatic nitrogens is 1. The molecule has 3 rings (SSSR count). The summed E-state index contributed by atoms with van der Waals surface area (Å²) in [5, 5.41) is 7.49. The lowest BCUT2D eigenvalue weighted by molar-refractivity contribution is 0.0672. The Labute approximate surface area is 82.6 Å². The number of rotatable bonds is 1. The second kappa shape index (κ2) is 3.37. The Kier molecular flexibility index (Phi) is 2.03. The third-order valence-electron chi connectivity index (χ3n) is 2.98. The van der Waals surface area contributed by atoms with Gasteiger partial charge >= 0.3 is 0 Å². The van der Waals surface area contributed by atoms with Crippen molar-refractivity contribution in [3.05, 3.63) is 17.0 Å². The van der Waals surface area contributed by atoms with E-state index in [4.69, 9.17) is 9.26 Å². The highest BCUT2D eigenvalue weighted by Crippen LogP contribution is 2.29. The Balaban J connectivity index is 1.88. The largest absolute Gasteiger partial charge is 0.378 e. The Morgan fingerprint density at radius 1 is 1.36 bits per heavy atom. The van der Waals surface area contributed by atoms with Gasteiger partial charge < -0.3 is 14.6 Å². The van der Waals surface area contributed by atoms with Crippen LogP contribution in [0.3, 0.4) is 0 Å². The van der Waals surface area contributed by atoms with E-state index in [1.807, 2.05) is 0 Å². The van der Waals surface area contributed by atoms with Crippen LogP contribution in [0.2, 0.25) is 0 Å². The summed E-state index contributed by atoms with van der Waals surface area (Å²) in [6.45, 7) is 2.41. The quantitative estimate of drug-likeness (QED) is 0.719. The molecule has 1 aromatic rings. The van der Waals surface area contributed by atoms with Crippen LogP contribution in [0, 0.1) is 0 Å². The smallest absolute Gasteiger partial charge is 0.159 e. The van der Waals surface area contributed by atoms with Gasteiger partial charge in [0.1, 0.15) is 0 Å². The predicted octanol–water partition coefficient (Wildman–Crippen LogP) is 0.824. The van der Waals surface area contributed by atoms with Gasteiger partial charge in [-0.3, -0.25) is 0 Å². The summed E-state index contributed by atoms with van der Waals surface area (Å²) in [5.74, 6) is 1.01. The number of fused-ring (bicyclic) bond motifs is 1. The number of nitrogens with one attached hydrogen (secondary N) is 1. The van der Waals surface area contributed by atoms with E-state index in [-0.39, 0.29) is 6.04 Å². The molecule has 0 saturated carbocycles. The van der Waals surface area contributed by atoms with E-state index < -0.39 is 0 Å². The molecule has 1 unspecified atom stereocenters. The normalized spacial score (nSPS) is 26.4. The maximum atomic E-state index is 5.42. The number of nitrogens with zero attached hydrogens (tertiary/aromatic N) is 1. The van der Waals surface area contributed by atoms with Crippen LogP contribution in [-0.2, 0) is 17.6 Å². The molecule has 4 heteroatoms. The first-order valence-electron chi connectivity index (χ1n) is 5.23. The lowest BCUT2D eigenvalue weighted by Crippen LogP contribution is -2.34. The standard InChI is InChI=1S/C10H14N2O2/c1-2-7-8(3-1)12-14-10(7)9-6-13-5-4-11-9/h9,11H,1-6H2. The first kappa shape index (κ1) is 8.44. The van der Waals surface area contributed by atoms with Crippen LogP contribution in [0.4, 0.5) is 0 Å². The van der Waals surface area contributed by atoms with Crippen LogP contribution >= 0.6 is 0 Å². The van der Waals surface area contributed by atoms with Crippen molar-refractivity contribution in [2.45, 2.75) is 25.3 Å². The first-order chi connectivity index (χ1) is 6.95. The van der Waals surface area contributed by atoms with Gasteiger partial charge in [0.15, 0.2) is 5.76 Å². The Morgan fingerprint density at radius 3 is 3.21 bits per heavy atom. The monoisotopic (exact) mass is 194 g/mol. The molecule has 1 aromatic heterocycles. The van der Waals surface area contributed by atoms with Gasteiger partial charge in [-0.05, 0) is 19.3 Å². The van der Waals surface area contributed by atoms with Crippen LogP contribution in [0.1, 0.15) is 29.5 Å². The molecule has 1 aliphatic heterocycles. The Bertz CT molecular complexity index is 329. The molecular weight excluding hydrogens is 180 g/mol. The van der Waals surface area contributed by atoms with E-state index >= 15 is 0 Å². The molecule has 14 heavy (non-hydrogen) atoms. The van der Waals surface area contributed by atoms with Crippen molar-refractivity contribution < 1.29 is 9.26 Å². The van der Waals surface area contributed by atoms with Gasteiger partial charge in [-0.25, -0.2) is 0 Å². The number of ether oxygens (including phenoxy) is 1. The fourth-order valence-electron chi connectivity index (χ4n) is 2.26. The first-order valence-corrected chi connectivity index (χ1v) is 5.23. The number of hydrogen-bond donors (Lipinski definition) is 1. The number of morpholine rings is 1. The van der Waals surface area contributed by atoms with Crippen molar-refractivity contribution in [3.8, 4) is 0 Å². The zero-order valence-corrected chi connectivity index (χ0v) is 8.08. The van der Waals surface area contributed by atoms with Gasteiger partial charge in [0.05, 0.1) is 24.9 Å². The average Bonchev–Trinajstić information content (AvgIpc) is 2.79. The minimum atomic E-state index is 0.220. The van der Waals surface area contributed by atoms with Crippen LogP contribution in [0.5, 0.6) is 0 Å². The van der Waals surface area contributed by atoms with Crippen LogP contribution in [0.15, 0.2) is 4.52 Å². The topological polar surface area (TPSA) is 47.3 Å². The van der Waals surface area contributed by atoms with E-state index in [1.165, 1.54) is 12.0 Å². The number of hydrogen-bond acceptors (Lipinski definition) is 4. The zero-order valence-electron chi connectivity index (χ0n) is 8.08. The second-order valence-corrected chi connectivity index (χ2v) is 3.91. The molecule has 1 N–H and O–H groups in total. The van der Waals surface area contributed by atoms with Crippen molar-refractivity contribution in [2.75, 3.05) is 19.8 Å². The van der Waals surface area contributed by atoms with E-state index in [2.05, 4.69) is 10.5 Å². The SMILES string of the molecule is C1Cc2noc(C3COCCN3)c2C1. The molecule has 76 valence electrons. The highest BCUT2D eigenvalue weighted by Gasteiger charge is 2.27. The zero-order chi connectivity index (χ0) is 9.38. The van der Waals surface area contributed by atoms with Crippen molar-refractivity contribution in [1.29, 1.82) is 0 Å². The molecule has 2 aliphatic rings. The second-order valence-electron chi connectivity index (χ2n) is 3.91. The van der Waals surface area contributed by atoms with Crippen LogP contribution in [-0.4, -0.2) is 24.9 Å². The molecular formula is C10H14N2O2. The van der Waals surface area contributed by atoms with Crippen LogP contribution in [0.25, 0.3) is 0 Å². The van der Waals surface area contributed by atoms with E-state index in [0.717, 1.165) is 37.4 Å². The van der Waals surface area contributed by atoms with Gasteiger partial charge in [0.25, 0.3) is 0 Å². The maximum absolute atomic E-state index is 5.42. The lowest BCUT2D eigenvalue weighted by Gasteiger charge is -2.22. The molecule has 1 fully saturated rings. The van der Waals surface area contributed by atoms with E-state index in [1.54, 1.807) is 0 Å². The van der Waals surface area contributed by atoms with Crippen LogP contribution < -0.4 is 5.32 Å². The summed E-state index contributed by atoms with van der Waals surface area (Å²) in [6, 6.07) is 0.220. The molecule has 0 spiro atoms. The highest BCUT2D eigenvalue weighted by atomic mass is 16.5. The molecule has 0 bridgehead atoms. The van der Waals surface area contributed by atoms with E-state index in [9.17, 15) is 0 Å². The summed E-state index contributed by atoms with van der Waals surface area (Å²) in [4.78, 5) is 0. The molecule has 1 aliphatic carbocycles. The van der Waals surface area contributed by atoms with Gasteiger partial charge in [-0.2, -0.15) is 0 Å². The summed E-state index contributed by atoms with van der Waals surface area (Å²) in [6.07, 6.45) is 3.41. The highest BCUT2D eigenvalue weighted by molar-refractivity contribution is 5.29. The van der Waals surface area contributed by atoms with Crippen molar-refractivity contribution in [2.24, 2.45) is 0 Å². The molecule has 0 aromatic carbocycles. The van der Waals surface area contributed by atoms with E-state index in [0.29, 0.717) is 6.61 Å². The minimum absolute atomic E-state index is 0.220.